The lowest BCUT2D eigenvalue weighted by molar-refractivity contribution is -0.160. The Balaban J connectivity index is 1.78. The maximum Gasteiger partial charge on any atom is 0.416 e. The summed E-state index contributed by atoms with van der Waals surface area (Å²) >= 11 is 0. The molecule has 2 heterocycles. The molecule has 1 saturated heterocycles. The number of carbonyl (C=O) groups is 1. The quantitative estimate of drug-likeness (QED) is 0.594. The number of hydrogen-bond donors (Lipinski definition) is 0. The van der Waals surface area contributed by atoms with Crippen LogP contribution in [-0.4, -0.2) is 44.6 Å². The highest BCUT2D eigenvalue weighted by atomic mass is 19.4. The van der Waals surface area contributed by atoms with Gasteiger partial charge in [-0.15, -0.1) is 5.10 Å². The van der Waals surface area contributed by atoms with E-state index in [0.717, 1.165) is 34.3 Å². The summed E-state index contributed by atoms with van der Waals surface area (Å²) in [6.07, 6.45) is -1.40. The summed E-state index contributed by atoms with van der Waals surface area (Å²) in [6.45, 7) is -2.43. The second kappa shape index (κ2) is 6.71. The molecule has 5 nitrogen and oxygen atoms in total. The molecule has 1 aliphatic rings. The molecule has 0 unspecified atom stereocenters. The predicted molar refractivity (Wildman–Crippen MR) is 82.1 cm³/mol. The van der Waals surface area contributed by atoms with E-state index < -0.39 is 43.3 Å². The van der Waals surface area contributed by atoms with Crippen molar-refractivity contribution in [1.82, 2.24) is 19.7 Å². The van der Waals surface area contributed by atoms with Crippen molar-refractivity contribution in [3.8, 4) is 11.4 Å². The number of halogens is 6. The smallest absolute Gasteiger partial charge is 0.327 e. The third kappa shape index (κ3) is 4.29. The molecule has 1 amide bonds. The van der Waals surface area contributed by atoms with Gasteiger partial charge in [-0.1, -0.05) is 0 Å². The van der Waals surface area contributed by atoms with Gasteiger partial charge in [0.1, 0.15) is 13.0 Å². The molecule has 0 spiro atoms. The number of nitrogens with zero attached hydrogens (tertiary/aromatic N) is 4. The van der Waals surface area contributed by atoms with E-state index in [1.807, 2.05) is 0 Å². The first kappa shape index (κ1) is 18.9. The molecule has 11 heteroatoms. The molecule has 0 aliphatic carbocycles. The van der Waals surface area contributed by atoms with E-state index >= 15 is 0 Å². The van der Waals surface area contributed by atoms with Crippen molar-refractivity contribution in [3.63, 3.8) is 0 Å². The third-order valence-electron chi connectivity index (χ3n) is 3.77. The van der Waals surface area contributed by atoms with E-state index in [4.69, 9.17) is 0 Å². The van der Waals surface area contributed by atoms with Crippen LogP contribution in [0.1, 0.15) is 11.1 Å². The molecule has 0 bridgehead atoms. The van der Waals surface area contributed by atoms with E-state index in [1.165, 1.54) is 6.07 Å². The van der Waals surface area contributed by atoms with Crippen LogP contribution in [0.4, 0.5) is 26.3 Å². The molecule has 1 aliphatic heterocycles. The second-order valence-electron chi connectivity index (χ2n) is 5.96. The van der Waals surface area contributed by atoms with Gasteiger partial charge in [0.25, 0.3) is 5.92 Å². The summed E-state index contributed by atoms with van der Waals surface area (Å²) < 4.78 is 78.1. The Bertz CT molecular complexity index is 881. The maximum atomic E-state index is 12.9. The summed E-state index contributed by atoms with van der Waals surface area (Å²) in [5.74, 6) is -3.65. The molecule has 144 valence electrons. The number of hydrogen-bond acceptors (Lipinski definition) is 3. The van der Waals surface area contributed by atoms with Crippen LogP contribution in [0.5, 0.6) is 0 Å². The first-order valence-electron chi connectivity index (χ1n) is 7.61. The first-order valence-corrected chi connectivity index (χ1v) is 7.61. The van der Waals surface area contributed by atoms with Gasteiger partial charge < -0.3 is 4.90 Å². The van der Waals surface area contributed by atoms with E-state index in [1.54, 1.807) is 0 Å². The molecule has 3 rings (SSSR count). The van der Waals surface area contributed by atoms with E-state index in [0.29, 0.717) is 6.07 Å². The van der Waals surface area contributed by atoms with E-state index in [9.17, 15) is 31.1 Å². The molecular formula is C16H12F6N4O. The highest BCUT2D eigenvalue weighted by Crippen LogP contribution is 2.33. The number of rotatable bonds is 4. The third-order valence-corrected chi connectivity index (χ3v) is 3.77. The van der Waals surface area contributed by atoms with Crippen molar-refractivity contribution in [1.29, 1.82) is 0 Å². The summed E-state index contributed by atoms with van der Waals surface area (Å²) in [6, 6.07) is 2.67. The zero-order chi connectivity index (χ0) is 19.8. The zero-order valence-electron chi connectivity index (χ0n) is 13.6. The van der Waals surface area contributed by atoms with Crippen LogP contribution in [0, 0.1) is 0 Å². The Labute approximate surface area is 148 Å². The zero-order valence-corrected chi connectivity index (χ0v) is 13.6. The highest BCUT2D eigenvalue weighted by molar-refractivity contribution is 5.90. The monoisotopic (exact) mass is 390 g/mol. The van der Waals surface area contributed by atoms with Gasteiger partial charge in [-0.25, -0.2) is 22.8 Å². The Morgan fingerprint density at radius 3 is 2.52 bits per heavy atom. The average Bonchev–Trinajstić information content (AvgIpc) is 3.05. The lowest BCUT2D eigenvalue weighted by atomic mass is 10.1. The minimum absolute atomic E-state index is 0.0432. The molecule has 1 aromatic carbocycles. The van der Waals surface area contributed by atoms with Crippen LogP contribution in [0.25, 0.3) is 17.6 Å². The molecular weight excluding hydrogens is 378 g/mol. The summed E-state index contributed by atoms with van der Waals surface area (Å²) in [4.78, 5) is 16.4. The number of aromatic nitrogens is 3. The van der Waals surface area contributed by atoms with Gasteiger partial charge in [-0.3, -0.25) is 4.79 Å². The standard InChI is InChI=1S/C16H12F6N4O/c17-6-10-3-11(5-12(4-10)16(20,21)22)14-23-9-26(24-14)2-1-13(27)25-7-15(18,19)8-25/h1-5,9H,6-8H2/b2-1+. The minimum Gasteiger partial charge on any atom is -0.327 e. The van der Waals surface area contributed by atoms with Crippen LogP contribution in [0.3, 0.4) is 0 Å². The fourth-order valence-electron chi connectivity index (χ4n) is 2.45. The van der Waals surface area contributed by atoms with Crippen molar-refractivity contribution < 1.29 is 31.1 Å². The lowest BCUT2D eigenvalue weighted by Gasteiger charge is -2.37. The average molecular weight is 390 g/mol. The van der Waals surface area contributed by atoms with Crippen molar-refractivity contribution in [2.24, 2.45) is 0 Å². The molecule has 0 N–H and O–H groups in total. The highest BCUT2D eigenvalue weighted by Gasteiger charge is 2.45. The molecule has 0 atom stereocenters. The van der Waals surface area contributed by atoms with Gasteiger partial charge in [0.05, 0.1) is 18.7 Å². The maximum absolute atomic E-state index is 12.9. The molecule has 1 aromatic heterocycles. The first-order chi connectivity index (χ1) is 12.6. The van der Waals surface area contributed by atoms with Gasteiger partial charge in [0.15, 0.2) is 5.82 Å². The number of amides is 1. The lowest BCUT2D eigenvalue weighted by Crippen LogP contribution is -2.58. The SMILES string of the molecule is O=C(/C=C/n1cnc(-c2cc(CF)cc(C(F)(F)F)c2)n1)N1CC(F)(F)C1. The molecule has 0 saturated carbocycles. The number of alkyl halides is 6. The van der Waals surface area contributed by atoms with Crippen molar-refractivity contribution in [2.75, 3.05) is 13.1 Å². The fourth-order valence-corrected chi connectivity index (χ4v) is 2.45. The number of benzene rings is 1. The van der Waals surface area contributed by atoms with Crippen LogP contribution in [-0.2, 0) is 17.6 Å². The van der Waals surface area contributed by atoms with E-state index in [-0.39, 0.29) is 17.0 Å². The van der Waals surface area contributed by atoms with Crippen LogP contribution in [0.15, 0.2) is 30.6 Å². The Morgan fingerprint density at radius 1 is 1.22 bits per heavy atom. The largest absolute Gasteiger partial charge is 0.416 e. The summed E-state index contributed by atoms with van der Waals surface area (Å²) in [5, 5.41) is 3.89. The molecule has 2 aromatic rings. The minimum atomic E-state index is -4.66. The topological polar surface area (TPSA) is 51.0 Å². The molecule has 27 heavy (non-hydrogen) atoms. The second-order valence-corrected chi connectivity index (χ2v) is 5.96. The molecule has 1 fully saturated rings. The fraction of sp³-hybridized carbons (Fsp3) is 0.312. The Kier molecular flexibility index (Phi) is 4.70. The Morgan fingerprint density at radius 2 is 1.93 bits per heavy atom. The molecule has 0 radical (unpaired) electrons. The van der Waals surface area contributed by atoms with Crippen LogP contribution in [0.2, 0.25) is 0 Å². The summed E-state index contributed by atoms with van der Waals surface area (Å²) in [5.41, 5.74) is -1.26. The summed E-state index contributed by atoms with van der Waals surface area (Å²) in [7, 11) is 0. The predicted octanol–water partition coefficient (Wildman–Crippen LogP) is 3.38. The number of likely N-dealkylation sites (tertiary alicyclic amines) is 1. The number of carbonyl (C=O) groups excluding carboxylic acids is 1. The van der Waals surface area contributed by atoms with E-state index in [2.05, 4.69) is 10.1 Å². The normalized spacial score (nSPS) is 16.6. The van der Waals surface area contributed by atoms with Crippen molar-refractivity contribution >= 4 is 12.1 Å². The van der Waals surface area contributed by atoms with Crippen LogP contribution >= 0.6 is 0 Å². The van der Waals surface area contributed by atoms with Gasteiger partial charge in [0.2, 0.25) is 5.91 Å². The van der Waals surface area contributed by atoms with Crippen molar-refractivity contribution in [2.45, 2.75) is 18.8 Å². The Hall–Kier alpha value is -2.85. The van der Waals surface area contributed by atoms with Gasteiger partial charge in [0, 0.05) is 17.8 Å². The van der Waals surface area contributed by atoms with Gasteiger partial charge in [-0.05, 0) is 23.8 Å². The van der Waals surface area contributed by atoms with Gasteiger partial charge >= 0.3 is 6.18 Å². The van der Waals surface area contributed by atoms with Crippen molar-refractivity contribution in [3.05, 3.63) is 41.7 Å². The van der Waals surface area contributed by atoms with Crippen LogP contribution < -0.4 is 0 Å². The van der Waals surface area contributed by atoms with Gasteiger partial charge in [-0.2, -0.15) is 13.2 Å².